The van der Waals surface area contributed by atoms with Crippen molar-refractivity contribution in [1.29, 1.82) is 0 Å². The molecule has 0 bridgehead atoms. The number of nitrogens with one attached hydrogen (secondary N) is 2. The van der Waals surface area contributed by atoms with Crippen molar-refractivity contribution in [2.45, 2.75) is 252 Å². The lowest BCUT2D eigenvalue weighted by Crippen LogP contribution is -2.42. The van der Waals surface area contributed by atoms with Gasteiger partial charge < -0.3 is 10.6 Å². The van der Waals surface area contributed by atoms with E-state index < -0.39 is 0 Å². The summed E-state index contributed by atoms with van der Waals surface area (Å²) in [6.45, 7) is 14.5. The molecule has 0 aliphatic carbocycles. The molecule has 0 aromatic rings. The number of unbranched alkanes of at least 4 members (excludes halogenated alkanes) is 30. The monoisotopic (exact) mass is 648 g/mol. The molecule has 2 N–H and O–H groups in total. The molecule has 276 valence electrons. The third-order valence-corrected chi connectivity index (χ3v) is 9.58. The van der Waals surface area contributed by atoms with Crippen molar-refractivity contribution >= 4 is 5.84 Å². The summed E-state index contributed by atoms with van der Waals surface area (Å²) < 4.78 is 0. The third-order valence-electron chi connectivity index (χ3n) is 9.58. The molecule has 46 heavy (non-hydrogen) atoms. The van der Waals surface area contributed by atoms with E-state index in [9.17, 15) is 0 Å². The Morgan fingerprint density at radius 3 is 1.02 bits per heavy atom. The highest BCUT2D eigenvalue weighted by Crippen LogP contribution is 2.15. The smallest absolute Gasteiger partial charge is 0.0979 e. The average molecular weight is 648 g/mol. The van der Waals surface area contributed by atoms with Crippen molar-refractivity contribution in [3.8, 4) is 0 Å². The quantitative estimate of drug-likeness (QED) is 0.0400. The van der Waals surface area contributed by atoms with Crippen molar-refractivity contribution in [3.63, 3.8) is 0 Å². The molecule has 0 aliphatic rings. The minimum atomic E-state index is 0.0847. The van der Waals surface area contributed by atoms with Gasteiger partial charge in [0.15, 0.2) is 0 Å². The van der Waals surface area contributed by atoms with Gasteiger partial charge in [-0.25, -0.2) is 0 Å². The van der Waals surface area contributed by atoms with E-state index in [1.54, 1.807) is 0 Å². The maximum absolute atomic E-state index is 5.00. The molecule has 0 unspecified atom stereocenters. The number of hydrogen-bond acceptors (Lipinski definition) is 2. The Morgan fingerprint density at radius 1 is 0.391 bits per heavy atom. The van der Waals surface area contributed by atoms with Crippen LogP contribution in [0.5, 0.6) is 0 Å². The summed E-state index contributed by atoms with van der Waals surface area (Å²) >= 11 is 0. The molecule has 0 aromatic heterocycles. The molecular formula is C43H89N3. The Bertz CT molecular complexity index is 593. The Labute approximate surface area is 292 Å². The molecule has 0 heterocycles. The largest absolute Gasteiger partial charge is 0.369 e. The molecule has 0 aliphatic heterocycles. The molecule has 0 atom stereocenters. The lowest BCUT2D eigenvalue weighted by Gasteiger charge is -2.23. The van der Waals surface area contributed by atoms with E-state index in [0.29, 0.717) is 0 Å². The summed E-state index contributed by atoms with van der Waals surface area (Å²) in [4.78, 5) is 5.00. The molecule has 0 spiro atoms. The maximum atomic E-state index is 5.00. The Balaban J connectivity index is 3.61. The highest BCUT2D eigenvalue weighted by atomic mass is 15.0. The number of nitrogens with zero attached hydrogens (tertiary/aromatic N) is 1. The van der Waals surface area contributed by atoms with E-state index in [2.05, 4.69) is 45.3 Å². The molecule has 0 saturated carbocycles. The van der Waals surface area contributed by atoms with E-state index in [-0.39, 0.29) is 5.54 Å². The fourth-order valence-electron chi connectivity index (χ4n) is 6.62. The number of rotatable bonds is 37. The summed E-state index contributed by atoms with van der Waals surface area (Å²) in [5.74, 6) is 1.20. The SMILES string of the molecule is CCCCCCCCCCCCCCCCCCN=C(CCNCCCCCCCCCCCCCCCCCC)NC(C)(C)C. The molecule has 0 radical (unpaired) electrons. The van der Waals surface area contributed by atoms with Crippen molar-refractivity contribution in [2.24, 2.45) is 4.99 Å². The van der Waals surface area contributed by atoms with E-state index in [1.165, 1.54) is 211 Å². The Kier molecular flexibility index (Phi) is 36.8. The number of aliphatic imine (C=N–C) groups is 1. The van der Waals surface area contributed by atoms with Crippen molar-refractivity contribution in [3.05, 3.63) is 0 Å². The summed E-state index contributed by atoms with van der Waals surface area (Å²) in [7, 11) is 0. The predicted molar refractivity (Wildman–Crippen MR) is 212 cm³/mol. The summed E-state index contributed by atoms with van der Waals surface area (Å²) in [5, 5.41) is 7.37. The fraction of sp³-hybridized carbons (Fsp3) is 0.977. The van der Waals surface area contributed by atoms with Crippen LogP contribution in [0.1, 0.15) is 247 Å². The van der Waals surface area contributed by atoms with Crippen LogP contribution in [-0.4, -0.2) is 31.0 Å². The van der Waals surface area contributed by atoms with E-state index >= 15 is 0 Å². The van der Waals surface area contributed by atoms with Gasteiger partial charge in [0.25, 0.3) is 0 Å². The Morgan fingerprint density at radius 2 is 0.696 bits per heavy atom. The minimum absolute atomic E-state index is 0.0847. The zero-order valence-electron chi connectivity index (χ0n) is 32.9. The second kappa shape index (κ2) is 37.3. The summed E-state index contributed by atoms with van der Waals surface area (Å²) in [5.41, 5.74) is 0.0847. The van der Waals surface area contributed by atoms with Crippen molar-refractivity contribution < 1.29 is 0 Å². The molecule has 3 heteroatoms. The van der Waals surface area contributed by atoms with Gasteiger partial charge in [-0.1, -0.05) is 206 Å². The molecule has 0 rings (SSSR count). The van der Waals surface area contributed by atoms with Crippen LogP contribution in [0.25, 0.3) is 0 Å². The van der Waals surface area contributed by atoms with Gasteiger partial charge in [0.05, 0.1) is 5.84 Å². The standard InChI is InChI=1S/C43H89N3/c1-6-8-10-12-14-16-18-20-22-24-26-28-30-32-34-36-39-44-41-38-42(46-43(3,4)5)45-40-37-35-33-31-29-27-25-23-21-19-17-15-13-11-9-7-2/h44H,6-41H2,1-5H3,(H,45,46). The van der Waals surface area contributed by atoms with Gasteiger partial charge in [-0.15, -0.1) is 0 Å². The molecule has 3 nitrogen and oxygen atoms in total. The topological polar surface area (TPSA) is 36.4 Å². The summed E-state index contributed by atoms with van der Waals surface area (Å²) in [6, 6.07) is 0. The van der Waals surface area contributed by atoms with Crippen LogP contribution in [-0.2, 0) is 0 Å². The lowest BCUT2D eigenvalue weighted by atomic mass is 10.0. The highest BCUT2D eigenvalue weighted by molar-refractivity contribution is 5.83. The first-order valence-electron chi connectivity index (χ1n) is 21.5. The average Bonchev–Trinajstić information content (AvgIpc) is 3.02. The minimum Gasteiger partial charge on any atom is -0.369 e. The fourth-order valence-corrected chi connectivity index (χ4v) is 6.62. The zero-order valence-corrected chi connectivity index (χ0v) is 32.9. The van der Waals surface area contributed by atoms with E-state index in [4.69, 9.17) is 4.99 Å². The molecule has 0 fully saturated rings. The molecule has 0 saturated heterocycles. The van der Waals surface area contributed by atoms with Crippen LogP contribution in [0.2, 0.25) is 0 Å². The normalized spacial score (nSPS) is 12.3. The number of amidine groups is 1. The van der Waals surface area contributed by atoms with Crippen LogP contribution in [0.3, 0.4) is 0 Å². The van der Waals surface area contributed by atoms with Crippen molar-refractivity contribution in [2.75, 3.05) is 19.6 Å². The van der Waals surface area contributed by atoms with Gasteiger partial charge >= 0.3 is 0 Å². The van der Waals surface area contributed by atoms with Gasteiger partial charge in [0.2, 0.25) is 0 Å². The van der Waals surface area contributed by atoms with E-state index in [0.717, 1.165) is 26.1 Å². The second-order valence-corrected chi connectivity index (χ2v) is 15.8. The third kappa shape index (κ3) is 39.6. The first-order chi connectivity index (χ1) is 22.5. The first kappa shape index (κ1) is 45.4. The first-order valence-corrected chi connectivity index (χ1v) is 21.5. The van der Waals surface area contributed by atoms with Gasteiger partial charge in [0.1, 0.15) is 0 Å². The maximum Gasteiger partial charge on any atom is 0.0979 e. The van der Waals surface area contributed by atoms with Gasteiger partial charge in [-0.3, -0.25) is 4.99 Å². The van der Waals surface area contributed by atoms with Crippen LogP contribution < -0.4 is 10.6 Å². The van der Waals surface area contributed by atoms with Crippen LogP contribution in [0.15, 0.2) is 4.99 Å². The Hall–Kier alpha value is -0.570. The predicted octanol–water partition coefficient (Wildman–Crippen LogP) is 14.3. The highest BCUT2D eigenvalue weighted by Gasteiger charge is 2.12. The lowest BCUT2D eigenvalue weighted by molar-refractivity contribution is 0.501. The zero-order chi connectivity index (χ0) is 33.7. The second-order valence-electron chi connectivity index (χ2n) is 15.8. The van der Waals surface area contributed by atoms with Crippen LogP contribution in [0, 0.1) is 0 Å². The van der Waals surface area contributed by atoms with Gasteiger partial charge in [-0.2, -0.15) is 0 Å². The van der Waals surface area contributed by atoms with Gasteiger partial charge in [-0.05, 0) is 40.2 Å². The van der Waals surface area contributed by atoms with Crippen LogP contribution >= 0.6 is 0 Å². The molecular weight excluding hydrogens is 558 g/mol. The molecule has 0 aromatic carbocycles. The van der Waals surface area contributed by atoms with E-state index in [1.807, 2.05) is 0 Å². The number of hydrogen-bond donors (Lipinski definition) is 2. The van der Waals surface area contributed by atoms with Crippen molar-refractivity contribution in [1.82, 2.24) is 10.6 Å². The van der Waals surface area contributed by atoms with Crippen LogP contribution in [0.4, 0.5) is 0 Å². The molecule has 0 amide bonds. The summed E-state index contributed by atoms with van der Waals surface area (Å²) in [6.07, 6.45) is 46.7. The van der Waals surface area contributed by atoms with Gasteiger partial charge in [0, 0.05) is 25.0 Å².